The van der Waals surface area contributed by atoms with E-state index in [2.05, 4.69) is 4.72 Å². The van der Waals surface area contributed by atoms with Crippen molar-refractivity contribution in [1.82, 2.24) is 4.72 Å². The summed E-state index contributed by atoms with van der Waals surface area (Å²) < 4.78 is 24.8. The molecule has 4 nitrogen and oxygen atoms in total. The lowest BCUT2D eigenvalue weighted by molar-refractivity contribution is 0.184. The van der Waals surface area contributed by atoms with Crippen LogP contribution in [-0.4, -0.2) is 19.8 Å². The lowest BCUT2D eigenvalue weighted by Crippen LogP contribution is -2.32. The lowest BCUT2D eigenvalue weighted by Gasteiger charge is -2.07. The van der Waals surface area contributed by atoms with E-state index in [1.807, 2.05) is 0 Å². The normalized spacial score (nSPS) is 14.0. The van der Waals surface area contributed by atoms with Gasteiger partial charge in [-0.15, -0.1) is 0 Å². The van der Waals surface area contributed by atoms with E-state index in [9.17, 15) is 8.42 Å². The third-order valence-corrected chi connectivity index (χ3v) is 2.92. The Hall–Kier alpha value is -0.910. The van der Waals surface area contributed by atoms with Crippen LogP contribution in [0.15, 0.2) is 35.2 Å². The van der Waals surface area contributed by atoms with Crippen molar-refractivity contribution >= 4 is 10.0 Å². The number of hydrogen-bond acceptors (Lipinski definition) is 3. The molecule has 1 aromatic rings. The number of benzene rings is 1. The van der Waals surface area contributed by atoms with Crippen LogP contribution in [0.1, 0.15) is 6.92 Å². The summed E-state index contributed by atoms with van der Waals surface area (Å²) in [4.78, 5) is 0.149. The Labute approximate surface area is 77.3 Å². The summed E-state index contributed by atoms with van der Waals surface area (Å²) in [6, 6.07) is 7.89. The van der Waals surface area contributed by atoms with Crippen molar-refractivity contribution in [2.75, 3.05) is 0 Å². The van der Waals surface area contributed by atoms with Gasteiger partial charge in [0.1, 0.15) is 6.23 Å². The minimum absolute atomic E-state index is 0.149. The van der Waals surface area contributed by atoms with Crippen molar-refractivity contribution in [3.63, 3.8) is 0 Å². The van der Waals surface area contributed by atoms with Gasteiger partial charge in [0.15, 0.2) is 0 Å². The highest BCUT2D eigenvalue weighted by atomic mass is 32.2. The maximum atomic E-state index is 11.4. The average molecular weight is 201 g/mol. The molecule has 0 heterocycles. The molecule has 0 aromatic heterocycles. The molecular formula is C8H11NO3S. The molecule has 0 bridgehead atoms. The van der Waals surface area contributed by atoms with Gasteiger partial charge in [-0.25, -0.2) is 8.42 Å². The lowest BCUT2D eigenvalue weighted by atomic mass is 10.4. The zero-order valence-corrected chi connectivity index (χ0v) is 7.95. The zero-order valence-electron chi connectivity index (χ0n) is 7.14. The van der Waals surface area contributed by atoms with E-state index in [4.69, 9.17) is 5.11 Å². The summed E-state index contributed by atoms with van der Waals surface area (Å²) in [7, 11) is -3.56. The number of aliphatic hydroxyl groups excluding tert-OH is 1. The molecule has 72 valence electrons. The molecular weight excluding hydrogens is 190 g/mol. The molecule has 1 atom stereocenters. The summed E-state index contributed by atoms with van der Waals surface area (Å²) >= 11 is 0. The second kappa shape index (κ2) is 3.87. The second-order valence-corrected chi connectivity index (χ2v) is 4.32. The second-order valence-electron chi connectivity index (χ2n) is 2.61. The molecule has 0 radical (unpaired) electrons. The third-order valence-electron chi connectivity index (χ3n) is 1.38. The molecule has 0 spiro atoms. The van der Waals surface area contributed by atoms with E-state index >= 15 is 0 Å². The largest absolute Gasteiger partial charge is 0.378 e. The molecule has 13 heavy (non-hydrogen) atoms. The van der Waals surface area contributed by atoms with E-state index in [1.165, 1.54) is 19.1 Å². The van der Waals surface area contributed by atoms with Crippen LogP contribution in [0.4, 0.5) is 0 Å². The quantitative estimate of drug-likeness (QED) is 0.691. The smallest absolute Gasteiger partial charge is 0.242 e. The van der Waals surface area contributed by atoms with Crippen LogP contribution in [0, 0.1) is 0 Å². The van der Waals surface area contributed by atoms with Crippen LogP contribution >= 0.6 is 0 Å². The highest BCUT2D eigenvalue weighted by molar-refractivity contribution is 7.89. The molecule has 0 aliphatic rings. The van der Waals surface area contributed by atoms with E-state index in [0.717, 1.165) is 0 Å². The Morgan fingerprint density at radius 3 is 2.31 bits per heavy atom. The number of aliphatic hydroxyl groups is 1. The Balaban J connectivity index is 2.96. The number of nitrogens with one attached hydrogen (secondary N) is 1. The van der Waals surface area contributed by atoms with Crippen LogP contribution in [0.3, 0.4) is 0 Å². The first kappa shape index (κ1) is 10.2. The highest BCUT2D eigenvalue weighted by Crippen LogP contribution is 2.06. The van der Waals surface area contributed by atoms with Crippen LogP contribution in [0.2, 0.25) is 0 Å². The van der Waals surface area contributed by atoms with Crippen LogP contribution in [0.5, 0.6) is 0 Å². The van der Waals surface area contributed by atoms with Crippen molar-refractivity contribution in [3.05, 3.63) is 30.3 Å². The maximum Gasteiger partial charge on any atom is 0.242 e. The molecule has 2 N–H and O–H groups in total. The zero-order chi connectivity index (χ0) is 9.90. The van der Waals surface area contributed by atoms with E-state index in [-0.39, 0.29) is 4.90 Å². The number of hydrogen-bond donors (Lipinski definition) is 2. The fourth-order valence-electron chi connectivity index (χ4n) is 0.892. The molecule has 0 saturated carbocycles. The maximum absolute atomic E-state index is 11.4. The Morgan fingerprint density at radius 2 is 1.85 bits per heavy atom. The first-order chi connectivity index (χ1) is 6.02. The van der Waals surface area contributed by atoms with Crippen molar-refractivity contribution in [2.24, 2.45) is 0 Å². The van der Waals surface area contributed by atoms with Gasteiger partial charge >= 0.3 is 0 Å². The molecule has 1 aromatic carbocycles. The molecule has 0 aliphatic heterocycles. The molecule has 1 unspecified atom stereocenters. The summed E-state index contributed by atoms with van der Waals surface area (Å²) in [6.45, 7) is 1.35. The number of sulfonamides is 1. The standard InChI is InChI=1S/C8H11NO3S/c1-7(10)9-13(11,12)8-5-3-2-4-6-8/h2-7,9-10H,1H3. The van der Waals surface area contributed by atoms with Gasteiger partial charge in [0.05, 0.1) is 4.90 Å². The van der Waals surface area contributed by atoms with Gasteiger partial charge in [-0.05, 0) is 19.1 Å². The number of rotatable bonds is 3. The van der Waals surface area contributed by atoms with Crippen molar-refractivity contribution in [1.29, 1.82) is 0 Å². The molecule has 0 amide bonds. The predicted molar refractivity (Wildman–Crippen MR) is 48.4 cm³/mol. The van der Waals surface area contributed by atoms with Gasteiger partial charge in [0, 0.05) is 0 Å². The summed E-state index contributed by atoms with van der Waals surface area (Å²) in [6.07, 6.45) is -1.08. The molecule has 0 fully saturated rings. The molecule has 0 aliphatic carbocycles. The van der Waals surface area contributed by atoms with Crippen LogP contribution in [0.25, 0.3) is 0 Å². The van der Waals surface area contributed by atoms with Gasteiger partial charge in [0.2, 0.25) is 10.0 Å². The SMILES string of the molecule is CC(O)NS(=O)(=O)c1ccccc1. The van der Waals surface area contributed by atoms with Crippen molar-refractivity contribution < 1.29 is 13.5 Å². The van der Waals surface area contributed by atoms with E-state index < -0.39 is 16.3 Å². The third kappa shape index (κ3) is 2.80. The summed E-state index contributed by atoms with van der Waals surface area (Å²) in [5.74, 6) is 0. The first-order valence-electron chi connectivity index (χ1n) is 3.78. The van der Waals surface area contributed by atoms with Crippen molar-refractivity contribution in [2.45, 2.75) is 18.0 Å². The fraction of sp³-hybridized carbons (Fsp3) is 0.250. The minimum Gasteiger partial charge on any atom is -0.378 e. The van der Waals surface area contributed by atoms with Crippen LogP contribution < -0.4 is 4.72 Å². The summed E-state index contributed by atoms with van der Waals surface area (Å²) in [5, 5.41) is 8.86. The van der Waals surface area contributed by atoms with Gasteiger partial charge in [-0.1, -0.05) is 18.2 Å². The van der Waals surface area contributed by atoms with E-state index in [1.54, 1.807) is 18.2 Å². The summed E-state index contributed by atoms with van der Waals surface area (Å²) in [5.41, 5.74) is 0. The Kier molecular flexibility index (Phi) is 3.02. The molecule has 1 rings (SSSR count). The van der Waals surface area contributed by atoms with Gasteiger partial charge in [0.25, 0.3) is 0 Å². The monoisotopic (exact) mass is 201 g/mol. The minimum atomic E-state index is -3.56. The predicted octanol–water partition coefficient (Wildman–Crippen LogP) is 0.303. The van der Waals surface area contributed by atoms with Crippen LogP contribution in [-0.2, 0) is 10.0 Å². The topological polar surface area (TPSA) is 66.4 Å². The molecule has 0 saturated heterocycles. The molecule has 5 heteroatoms. The average Bonchev–Trinajstić information content (AvgIpc) is 2.04. The van der Waals surface area contributed by atoms with E-state index in [0.29, 0.717) is 0 Å². The first-order valence-corrected chi connectivity index (χ1v) is 5.26. The van der Waals surface area contributed by atoms with Crippen molar-refractivity contribution in [3.8, 4) is 0 Å². The van der Waals surface area contributed by atoms with Gasteiger partial charge in [-0.2, -0.15) is 4.72 Å². The van der Waals surface area contributed by atoms with Gasteiger partial charge in [-0.3, -0.25) is 0 Å². The Morgan fingerprint density at radius 1 is 1.31 bits per heavy atom. The fourth-order valence-corrected chi connectivity index (χ4v) is 1.99. The van der Waals surface area contributed by atoms with Gasteiger partial charge < -0.3 is 5.11 Å². The Bertz CT molecular complexity index is 358. The highest BCUT2D eigenvalue weighted by Gasteiger charge is 2.14.